The van der Waals surface area contributed by atoms with Gasteiger partial charge in [-0.05, 0) is 68.8 Å². The molecule has 3 atom stereocenters. The smallest absolute Gasteiger partial charge is 0.266 e. The lowest BCUT2D eigenvalue weighted by Crippen LogP contribution is -2.32. The van der Waals surface area contributed by atoms with Crippen molar-refractivity contribution in [2.45, 2.75) is 69.5 Å². The van der Waals surface area contributed by atoms with Crippen LogP contribution >= 0.6 is 0 Å². The summed E-state index contributed by atoms with van der Waals surface area (Å²) in [5.74, 6) is 1.45. The number of hydrogen-bond acceptors (Lipinski definition) is 5. The molecule has 3 aliphatic rings. The van der Waals surface area contributed by atoms with Gasteiger partial charge in [0.2, 0.25) is 0 Å². The molecule has 0 heterocycles. The molecule has 1 aromatic carbocycles. The number of ether oxygens (including phenoxy) is 2. The third-order valence-electron chi connectivity index (χ3n) is 6.98. The van der Waals surface area contributed by atoms with Gasteiger partial charge in [-0.3, -0.25) is 9.52 Å². The molecule has 1 amide bonds. The van der Waals surface area contributed by atoms with E-state index in [0.29, 0.717) is 19.4 Å². The molecule has 3 fully saturated rings. The summed E-state index contributed by atoms with van der Waals surface area (Å²) in [7, 11) is -1.82. The molecule has 3 aliphatic carbocycles. The SMILES string of the molecule is COc1cc(C(=O)NS(=N)(=O)C2CC2)c(F)cc1OCCCC1CC2CCCC(C1)C2. The fraction of sp³-hybridized carbons (Fsp3) is 0.696. The van der Waals surface area contributed by atoms with Crippen molar-refractivity contribution in [1.29, 1.82) is 4.78 Å². The summed E-state index contributed by atoms with van der Waals surface area (Å²) in [6.45, 7) is 0.468. The van der Waals surface area contributed by atoms with Crippen LogP contribution in [0.1, 0.15) is 74.6 Å². The second-order valence-electron chi connectivity index (χ2n) is 9.44. The van der Waals surface area contributed by atoms with E-state index in [2.05, 4.69) is 4.72 Å². The number of fused-ring (bicyclic) bond motifs is 2. The van der Waals surface area contributed by atoms with Gasteiger partial charge in [0, 0.05) is 6.07 Å². The number of hydrogen-bond donors (Lipinski definition) is 2. The van der Waals surface area contributed by atoms with Crippen LogP contribution in [0.3, 0.4) is 0 Å². The fourth-order valence-corrected chi connectivity index (χ4v) is 6.67. The van der Waals surface area contributed by atoms with Crippen LogP contribution in [0.2, 0.25) is 0 Å². The highest BCUT2D eigenvalue weighted by Gasteiger charge is 2.34. The van der Waals surface area contributed by atoms with E-state index in [0.717, 1.165) is 36.7 Å². The van der Waals surface area contributed by atoms with Crippen molar-refractivity contribution in [3.05, 3.63) is 23.5 Å². The first-order valence-corrected chi connectivity index (χ1v) is 13.1. The molecule has 4 rings (SSSR count). The van der Waals surface area contributed by atoms with E-state index in [1.165, 1.54) is 51.7 Å². The molecule has 0 spiro atoms. The second-order valence-corrected chi connectivity index (χ2v) is 11.5. The fourth-order valence-electron chi connectivity index (χ4n) is 5.32. The van der Waals surface area contributed by atoms with E-state index in [1.807, 2.05) is 0 Å². The molecule has 0 saturated heterocycles. The van der Waals surface area contributed by atoms with E-state index in [-0.39, 0.29) is 22.3 Å². The zero-order chi connectivity index (χ0) is 22.0. The zero-order valence-corrected chi connectivity index (χ0v) is 19.0. The van der Waals surface area contributed by atoms with Crippen molar-refractivity contribution in [2.75, 3.05) is 13.7 Å². The number of nitrogens with one attached hydrogen (secondary N) is 2. The Balaban J connectivity index is 1.32. The van der Waals surface area contributed by atoms with E-state index < -0.39 is 21.6 Å². The van der Waals surface area contributed by atoms with Crippen molar-refractivity contribution in [3.63, 3.8) is 0 Å². The number of amides is 1. The van der Waals surface area contributed by atoms with Crippen LogP contribution in [0.4, 0.5) is 4.39 Å². The standard InChI is InChI=1S/C23H33FN2O4S/c1-29-21-13-19(23(27)26-31(25,28)18-7-8-18)20(24)14-22(21)30-9-3-6-17-11-15-4-2-5-16(10-15)12-17/h13-18H,2-12H2,1H3,(H2,25,26,27,28). The molecule has 8 heteroatoms. The molecule has 0 aromatic heterocycles. The van der Waals surface area contributed by atoms with E-state index >= 15 is 0 Å². The number of rotatable bonds is 9. The molecule has 2 N–H and O–H groups in total. The maximum absolute atomic E-state index is 14.6. The third kappa shape index (κ3) is 5.51. The number of carbonyl (C=O) groups is 1. The average Bonchev–Trinajstić information content (AvgIpc) is 3.57. The van der Waals surface area contributed by atoms with Gasteiger partial charge in [-0.15, -0.1) is 0 Å². The van der Waals surface area contributed by atoms with E-state index in [9.17, 15) is 13.4 Å². The Hall–Kier alpha value is -1.83. The predicted octanol–water partition coefficient (Wildman–Crippen LogP) is 5.06. The minimum absolute atomic E-state index is 0.252. The summed E-state index contributed by atoms with van der Waals surface area (Å²) in [4.78, 5) is 12.4. The molecule has 6 nitrogen and oxygen atoms in total. The summed E-state index contributed by atoms with van der Waals surface area (Å²) in [5.41, 5.74) is -0.293. The lowest BCUT2D eigenvalue weighted by atomic mass is 9.67. The van der Waals surface area contributed by atoms with Crippen LogP contribution in [0, 0.1) is 28.4 Å². The summed E-state index contributed by atoms with van der Waals surface area (Å²) in [6, 6.07) is 2.40. The van der Waals surface area contributed by atoms with Crippen LogP contribution < -0.4 is 14.2 Å². The Morgan fingerprint density at radius 3 is 2.52 bits per heavy atom. The molecule has 3 unspecified atom stereocenters. The number of methoxy groups -OCH3 is 1. The first-order valence-electron chi connectivity index (χ1n) is 11.5. The van der Waals surface area contributed by atoms with E-state index in [1.54, 1.807) is 0 Å². The van der Waals surface area contributed by atoms with Gasteiger partial charge >= 0.3 is 0 Å². The van der Waals surface area contributed by atoms with Crippen molar-refractivity contribution in [2.24, 2.45) is 17.8 Å². The van der Waals surface area contributed by atoms with Gasteiger partial charge in [-0.25, -0.2) is 13.4 Å². The highest BCUT2D eigenvalue weighted by atomic mass is 32.2. The maximum atomic E-state index is 14.6. The van der Waals surface area contributed by atoms with Gasteiger partial charge in [0.1, 0.15) is 15.7 Å². The zero-order valence-electron chi connectivity index (χ0n) is 18.2. The summed E-state index contributed by atoms with van der Waals surface area (Å²) < 4.78 is 47.8. The highest BCUT2D eigenvalue weighted by Crippen LogP contribution is 2.44. The van der Waals surface area contributed by atoms with Gasteiger partial charge in [0.15, 0.2) is 11.5 Å². The largest absolute Gasteiger partial charge is 0.493 e. The second kappa shape index (κ2) is 9.35. The lowest BCUT2D eigenvalue weighted by molar-refractivity contribution is 0.0977. The quantitative estimate of drug-likeness (QED) is 0.512. The Bertz CT molecular complexity index is 904. The van der Waals surface area contributed by atoms with Crippen molar-refractivity contribution < 1.29 is 22.9 Å². The summed E-state index contributed by atoms with van der Waals surface area (Å²) >= 11 is 0. The van der Waals surface area contributed by atoms with Gasteiger partial charge in [0.25, 0.3) is 5.91 Å². The molecule has 3 saturated carbocycles. The predicted molar refractivity (Wildman–Crippen MR) is 117 cm³/mol. The van der Waals surface area contributed by atoms with Crippen LogP contribution in [0.25, 0.3) is 0 Å². The minimum atomic E-state index is -3.25. The van der Waals surface area contributed by atoms with Crippen molar-refractivity contribution in [1.82, 2.24) is 4.72 Å². The van der Waals surface area contributed by atoms with Gasteiger partial charge in [-0.1, -0.05) is 19.3 Å². The normalized spacial score (nSPS) is 27.2. The van der Waals surface area contributed by atoms with Crippen LogP contribution in [0.5, 0.6) is 11.5 Å². The van der Waals surface area contributed by atoms with E-state index in [4.69, 9.17) is 14.3 Å². The Kier molecular flexibility index (Phi) is 6.74. The average molecular weight is 453 g/mol. The maximum Gasteiger partial charge on any atom is 0.266 e. The molecule has 1 aromatic rings. The number of carbonyl (C=O) groups excluding carboxylic acids is 1. The molecule has 2 bridgehead atoms. The van der Waals surface area contributed by atoms with Gasteiger partial charge in [-0.2, -0.15) is 0 Å². The topological polar surface area (TPSA) is 88.5 Å². The third-order valence-corrected chi connectivity index (χ3v) is 8.87. The van der Waals surface area contributed by atoms with Gasteiger partial charge in [0.05, 0.1) is 24.5 Å². The molecule has 172 valence electrons. The first kappa shape index (κ1) is 22.4. The number of benzene rings is 1. The van der Waals surface area contributed by atoms with Crippen LogP contribution in [-0.2, 0) is 9.92 Å². The summed E-state index contributed by atoms with van der Waals surface area (Å²) in [6.07, 6.45) is 11.6. The lowest BCUT2D eigenvalue weighted by Gasteiger charge is -2.39. The van der Waals surface area contributed by atoms with Crippen LogP contribution in [0.15, 0.2) is 12.1 Å². The Morgan fingerprint density at radius 1 is 1.16 bits per heavy atom. The van der Waals surface area contributed by atoms with Crippen molar-refractivity contribution in [3.8, 4) is 11.5 Å². The number of halogens is 1. The highest BCUT2D eigenvalue weighted by molar-refractivity contribution is 7.92. The Morgan fingerprint density at radius 2 is 1.87 bits per heavy atom. The summed E-state index contributed by atoms with van der Waals surface area (Å²) in [5, 5.41) is -0.340. The minimum Gasteiger partial charge on any atom is -0.493 e. The van der Waals surface area contributed by atoms with Gasteiger partial charge < -0.3 is 9.47 Å². The monoisotopic (exact) mass is 452 g/mol. The Labute approximate surface area is 184 Å². The first-order chi connectivity index (χ1) is 14.9. The van der Waals surface area contributed by atoms with Crippen molar-refractivity contribution >= 4 is 15.8 Å². The van der Waals surface area contributed by atoms with Crippen LogP contribution in [-0.4, -0.2) is 29.1 Å². The molecular weight excluding hydrogens is 419 g/mol. The molecular formula is C23H33FN2O4S. The molecule has 0 aliphatic heterocycles. The molecule has 0 radical (unpaired) electrons. The molecule has 31 heavy (non-hydrogen) atoms.